The van der Waals surface area contributed by atoms with Crippen LogP contribution in [0.3, 0.4) is 0 Å². The Kier molecular flexibility index (Phi) is 4.13. The SMILES string of the molecule is O=C(c1cn2cc(-c3ccccc3)ccc2n1)N1CCN(C(=O)C2(O)CC2)CC1. The van der Waals surface area contributed by atoms with Crippen LogP contribution in [-0.4, -0.2) is 67.9 Å². The molecule has 1 N–H and O–H groups in total. The zero-order chi connectivity index (χ0) is 20.0. The highest BCUT2D eigenvalue weighted by atomic mass is 16.3. The third-order valence-corrected chi connectivity index (χ3v) is 5.75. The minimum absolute atomic E-state index is 0.132. The number of hydrogen-bond acceptors (Lipinski definition) is 4. The summed E-state index contributed by atoms with van der Waals surface area (Å²) in [4.78, 5) is 33.0. The number of rotatable bonds is 3. The summed E-state index contributed by atoms with van der Waals surface area (Å²) in [5.74, 6) is -0.335. The molecule has 2 aliphatic rings. The molecule has 2 aromatic heterocycles. The second-order valence-electron chi connectivity index (χ2n) is 7.79. The first-order valence-electron chi connectivity index (χ1n) is 9.89. The minimum atomic E-state index is -1.15. The number of imidazole rings is 1. The van der Waals surface area contributed by atoms with Crippen LogP contribution in [0.4, 0.5) is 0 Å². The molecule has 3 heterocycles. The molecule has 2 fully saturated rings. The van der Waals surface area contributed by atoms with Gasteiger partial charge in [-0.1, -0.05) is 30.3 Å². The molecule has 1 saturated heterocycles. The van der Waals surface area contributed by atoms with E-state index < -0.39 is 5.60 Å². The van der Waals surface area contributed by atoms with Gasteiger partial charge in [0.2, 0.25) is 0 Å². The van der Waals surface area contributed by atoms with Crippen LogP contribution in [0.5, 0.6) is 0 Å². The van der Waals surface area contributed by atoms with E-state index in [-0.39, 0.29) is 11.8 Å². The molecule has 0 atom stereocenters. The van der Waals surface area contributed by atoms with Crippen LogP contribution in [0.1, 0.15) is 23.3 Å². The Morgan fingerprint density at radius 2 is 1.55 bits per heavy atom. The third kappa shape index (κ3) is 3.27. The summed E-state index contributed by atoms with van der Waals surface area (Å²) in [6.45, 7) is 1.78. The lowest BCUT2D eigenvalue weighted by molar-refractivity contribution is -0.143. The van der Waals surface area contributed by atoms with Crippen LogP contribution >= 0.6 is 0 Å². The van der Waals surface area contributed by atoms with Crippen LogP contribution in [0.25, 0.3) is 16.8 Å². The Bertz CT molecular complexity index is 1080. The van der Waals surface area contributed by atoms with E-state index >= 15 is 0 Å². The van der Waals surface area contributed by atoms with Crippen molar-refractivity contribution in [2.45, 2.75) is 18.4 Å². The fourth-order valence-electron chi connectivity index (χ4n) is 3.80. The Labute approximate surface area is 168 Å². The highest BCUT2D eigenvalue weighted by Gasteiger charge is 2.50. The van der Waals surface area contributed by atoms with E-state index in [1.165, 1.54) is 0 Å². The molecule has 0 spiro atoms. The van der Waals surface area contributed by atoms with Crippen molar-refractivity contribution < 1.29 is 14.7 Å². The van der Waals surface area contributed by atoms with E-state index in [1.54, 1.807) is 16.0 Å². The van der Waals surface area contributed by atoms with Gasteiger partial charge < -0.3 is 19.3 Å². The van der Waals surface area contributed by atoms with Gasteiger partial charge >= 0.3 is 0 Å². The number of carbonyl (C=O) groups is 2. The van der Waals surface area contributed by atoms with Gasteiger partial charge in [0.05, 0.1) is 0 Å². The van der Waals surface area contributed by atoms with Crippen molar-refractivity contribution in [2.75, 3.05) is 26.2 Å². The molecule has 0 unspecified atom stereocenters. The Morgan fingerprint density at radius 3 is 2.24 bits per heavy atom. The standard InChI is InChI=1S/C22H22N4O3/c27-20(24-10-12-25(13-11-24)21(28)22(29)8-9-22)18-15-26-14-17(6-7-19(26)23-18)16-4-2-1-3-5-16/h1-7,14-15,29H,8-13H2. The van der Waals surface area contributed by atoms with Gasteiger partial charge in [0.25, 0.3) is 11.8 Å². The normalized spacial score (nSPS) is 18.1. The first kappa shape index (κ1) is 17.9. The summed E-state index contributed by atoms with van der Waals surface area (Å²) >= 11 is 0. The number of carbonyl (C=O) groups excluding carboxylic acids is 2. The average Bonchev–Trinajstić information content (AvgIpc) is 3.37. The molecular weight excluding hydrogens is 368 g/mol. The number of hydrogen-bond donors (Lipinski definition) is 1. The number of amides is 2. The van der Waals surface area contributed by atoms with Crippen molar-refractivity contribution in [3.63, 3.8) is 0 Å². The van der Waals surface area contributed by atoms with Gasteiger partial charge in [-0.15, -0.1) is 0 Å². The molecular formula is C22H22N4O3. The van der Waals surface area contributed by atoms with Gasteiger partial charge in [-0.25, -0.2) is 4.98 Å². The highest BCUT2D eigenvalue weighted by molar-refractivity contribution is 5.93. The largest absolute Gasteiger partial charge is 0.380 e. The topological polar surface area (TPSA) is 78.2 Å². The van der Waals surface area contributed by atoms with Crippen molar-refractivity contribution in [1.29, 1.82) is 0 Å². The fraction of sp³-hybridized carbons (Fsp3) is 0.318. The van der Waals surface area contributed by atoms with Crippen LogP contribution in [0.2, 0.25) is 0 Å². The highest BCUT2D eigenvalue weighted by Crippen LogP contribution is 2.37. The maximum atomic E-state index is 12.9. The van der Waals surface area contributed by atoms with Crippen LogP contribution < -0.4 is 0 Å². The molecule has 0 radical (unpaired) electrons. The van der Waals surface area contributed by atoms with Crippen molar-refractivity contribution >= 4 is 17.5 Å². The van der Waals surface area contributed by atoms with Gasteiger partial charge in [0.15, 0.2) is 0 Å². The van der Waals surface area contributed by atoms with E-state index in [9.17, 15) is 14.7 Å². The number of nitrogens with zero attached hydrogens (tertiary/aromatic N) is 4. The van der Waals surface area contributed by atoms with Crippen molar-refractivity contribution in [1.82, 2.24) is 19.2 Å². The number of benzene rings is 1. The molecule has 7 heteroatoms. The smallest absolute Gasteiger partial charge is 0.274 e. The molecule has 1 aliphatic carbocycles. The maximum absolute atomic E-state index is 12.9. The van der Waals surface area contributed by atoms with Crippen LogP contribution in [0, 0.1) is 0 Å². The lowest BCUT2D eigenvalue weighted by Gasteiger charge is -2.35. The Hall–Kier alpha value is -3.19. The number of piperazine rings is 1. The van der Waals surface area contributed by atoms with E-state index in [4.69, 9.17) is 0 Å². The van der Waals surface area contributed by atoms with Crippen molar-refractivity contribution in [3.05, 3.63) is 60.6 Å². The monoisotopic (exact) mass is 390 g/mol. The molecule has 148 valence electrons. The lowest BCUT2D eigenvalue weighted by Crippen LogP contribution is -2.53. The quantitative estimate of drug-likeness (QED) is 0.740. The summed E-state index contributed by atoms with van der Waals surface area (Å²) in [6.07, 6.45) is 4.81. The van der Waals surface area contributed by atoms with E-state index in [0.717, 1.165) is 16.8 Å². The number of aromatic nitrogens is 2. The number of fused-ring (bicyclic) bond motifs is 1. The van der Waals surface area contributed by atoms with Crippen LogP contribution in [-0.2, 0) is 4.79 Å². The molecule has 5 rings (SSSR count). The summed E-state index contributed by atoms with van der Waals surface area (Å²) in [6, 6.07) is 14.0. The third-order valence-electron chi connectivity index (χ3n) is 5.75. The van der Waals surface area contributed by atoms with E-state index in [0.29, 0.717) is 44.7 Å². The summed E-state index contributed by atoms with van der Waals surface area (Å²) in [7, 11) is 0. The van der Waals surface area contributed by atoms with Crippen molar-refractivity contribution in [3.8, 4) is 11.1 Å². The van der Waals surface area contributed by atoms with Gasteiger partial charge in [0, 0.05) is 38.6 Å². The van der Waals surface area contributed by atoms with Gasteiger partial charge in [-0.05, 0) is 36.1 Å². The van der Waals surface area contributed by atoms with E-state index in [2.05, 4.69) is 4.98 Å². The Morgan fingerprint density at radius 1 is 0.862 bits per heavy atom. The summed E-state index contributed by atoms with van der Waals surface area (Å²) in [5.41, 5.74) is 2.13. The molecule has 29 heavy (non-hydrogen) atoms. The predicted molar refractivity (Wildman–Crippen MR) is 107 cm³/mol. The Balaban J connectivity index is 1.30. The molecule has 1 aliphatic heterocycles. The summed E-state index contributed by atoms with van der Waals surface area (Å²) < 4.78 is 1.87. The zero-order valence-electron chi connectivity index (χ0n) is 16.0. The summed E-state index contributed by atoms with van der Waals surface area (Å²) in [5, 5.41) is 10.0. The maximum Gasteiger partial charge on any atom is 0.274 e. The second-order valence-corrected chi connectivity index (χ2v) is 7.79. The van der Waals surface area contributed by atoms with Crippen molar-refractivity contribution in [2.24, 2.45) is 0 Å². The van der Waals surface area contributed by atoms with E-state index in [1.807, 2.05) is 53.1 Å². The number of aliphatic hydroxyl groups is 1. The molecule has 2 amide bonds. The average molecular weight is 390 g/mol. The predicted octanol–water partition coefficient (Wildman–Crippen LogP) is 1.81. The van der Waals surface area contributed by atoms with Gasteiger partial charge in [-0.2, -0.15) is 0 Å². The molecule has 3 aromatic rings. The van der Waals surface area contributed by atoms with Gasteiger partial charge in [0.1, 0.15) is 16.9 Å². The van der Waals surface area contributed by atoms with Crippen LogP contribution in [0.15, 0.2) is 54.9 Å². The molecule has 1 aromatic carbocycles. The second kappa shape index (κ2) is 6.70. The van der Waals surface area contributed by atoms with Gasteiger partial charge in [-0.3, -0.25) is 9.59 Å². The lowest BCUT2D eigenvalue weighted by atomic mass is 10.1. The molecule has 0 bridgehead atoms. The zero-order valence-corrected chi connectivity index (χ0v) is 16.0. The fourth-order valence-corrected chi connectivity index (χ4v) is 3.80. The number of pyridine rings is 1. The first-order chi connectivity index (χ1) is 14.0. The molecule has 7 nitrogen and oxygen atoms in total. The minimum Gasteiger partial charge on any atom is -0.380 e. The first-order valence-corrected chi connectivity index (χ1v) is 9.89. The molecule has 1 saturated carbocycles.